The number of para-hydroxylation sites is 1. The highest BCUT2D eigenvalue weighted by molar-refractivity contribution is 5.93. The second-order valence-electron chi connectivity index (χ2n) is 6.87. The van der Waals surface area contributed by atoms with Crippen molar-refractivity contribution in [3.63, 3.8) is 0 Å². The summed E-state index contributed by atoms with van der Waals surface area (Å²) in [5.41, 5.74) is 1.82. The minimum absolute atomic E-state index is 0.0793. The molecule has 0 atom stereocenters. The van der Waals surface area contributed by atoms with Crippen molar-refractivity contribution >= 4 is 16.8 Å². The number of furan rings is 1. The Balaban J connectivity index is 1.23. The van der Waals surface area contributed by atoms with Gasteiger partial charge in [0.15, 0.2) is 0 Å². The van der Waals surface area contributed by atoms with Gasteiger partial charge in [0.2, 0.25) is 0 Å². The summed E-state index contributed by atoms with van der Waals surface area (Å²) in [5, 5.41) is 4.22. The van der Waals surface area contributed by atoms with E-state index >= 15 is 0 Å². The third kappa shape index (κ3) is 4.40. The van der Waals surface area contributed by atoms with Gasteiger partial charge in [-0.3, -0.25) is 9.69 Å². The van der Waals surface area contributed by atoms with Gasteiger partial charge < -0.3 is 19.0 Å². The van der Waals surface area contributed by atoms with Crippen LogP contribution in [0.2, 0.25) is 0 Å². The van der Waals surface area contributed by atoms with Crippen molar-refractivity contribution in [2.45, 2.75) is 19.5 Å². The predicted molar refractivity (Wildman–Crippen MR) is 104 cm³/mol. The third-order valence-corrected chi connectivity index (χ3v) is 4.94. The normalized spacial score (nSPS) is 15.3. The SMILES string of the molecule is O=C(NCCCn1ccc2ccccc21)c1coc(CN2CCOCC2)c1. The van der Waals surface area contributed by atoms with Crippen LogP contribution in [0.4, 0.5) is 0 Å². The number of nitrogens with one attached hydrogen (secondary N) is 1. The first-order chi connectivity index (χ1) is 13.3. The summed E-state index contributed by atoms with van der Waals surface area (Å²) in [6.07, 6.45) is 4.52. The van der Waals surface area contributed by atoms with Gasteiger partial charge in [-0.25, -0.2) is 0 Å². The summed E-state index contributed by atoms with van der Waals surface area (Å²) in [5.74, 6) is 0.741. The minimum Gasteiger partial charge on any atom is -0.467 e. The van der Waals surface area contributed by atoms with E-state index in [1.165, 1.54) is 10.9 Å². The van der Waals surface area contributed by atoms with Crippen LogP contribution in [0.1, 0.15) is 22.5 Å². The first kappa shape index (κ1) is 17.8. The van der Waals surface area contributed by atoms with E-state index in [9.17, 15) is 4.79 Å². The van der Waals surface area contributed by atoms with Crippen molar-refractivity contribution in [1.82, 2.24) is 14.8 Å². The van der Waals surface area contributed by atoms with Crippen molar-refractivity contribution in [1.29, 1.82) is 0 Å². The van der Waals surface area contributed by atoms with Crippen molar-refractivity contribution in [2.24, 2.45) is 0 Å². The van der Waals surface area contributed by atoms with Gasteiger partial charge in [-0.05, 0) is 30.0 Å². The Morgan fingerprint density at radius 1 is 1.15 bits per heavy atom. The highest BCUT2D eigenvalue weighted by Gasteiger charge is 2.15. The number of hydrogen-bond acceptors (Lipinski definition) is 4. The maximum Gasteiger partial charge on any atom is 0.254 e. The fraction of sp³-hybridized carbons (Fsp3) is 0.381. The van der Waals surface area contributed by atoms with Gasteiger partial charge in [-0.15, -0.1) is 0 Å². The lowest BCUT2D eigenvalue weighted by Crippen LogP contribution is -2.35. The molecule has 1 saturated heterocycles. The highest BCUT2D eigenvalue weighted by Crippen LogP contribution is 2.15. The van der Waals surface area contributed by atoms with Gasteiger partial charge in [-0.2, -0.15) is 0 Å². The zero-order valence-electron chi connectivity index (χ0n) is 15.4. The molecule has 0 radical (unpaired) electrons. The molecule has 1 aliphatic heterocycles. The van der Waals surface area contributed by atoms with E-state index in [0.29, 0.717) is 12.1 Å². The highest BCUT2D eigenvalue weighted by atomic mass is 16.5. The molecule has 142 valence electrons. The average Bonchev–Trinajstić information content (AvgIpc) is 3.33. The van der Waals surface area contributed by atoms with Crippen LogP contribution in [0.3, 0.4) is 0 Å². The van der Waals surface area contributed by atoms with Crippen molar-refractivity contribution in [2.75, 3.05) is 32.8 Å². The molecule has 1 N–H and O–H groups in total. The lowest BCUT2D eigenvalue weighted by Gasteiger charge is -2.25. The number of fused-ring (bicyclic) bond motifs is 1. The fourth-order valence-electron chi connectivity index (χ4n) is 3.45. The molecule has 3 heterocycles. The summed E-state index contributed by atoms with van der Waals surface area (Å²) >= 11 is 0. The number of hydrogen-bond donors (Lipinski definition) is 1. The topological polar surface area (TPSA) is 59.6 Å². The Kier molecular flexibility index (Phi) is 5.55. The van der Waals surface area contributed by atoms with Crippen LogP contribution in [-0.2, 0) is 17.8 Å². The molecule has 27 heavy (non-hydrogen) atoms. The van der Waals surface area contributed by atoms with Crippen LogP contribution in [0, 0.1) is 0 Å². The second-order valence-corrected chi connectivity index (χ2v) is 6.87. The molecule has 6 nitrogen and oxygen atoms in total. The number of benzene rings is 1. The molecule has 0 aliphatic carbocycles. The number of rotatable bonds is 7. The van der Waals surface area contributed by atoms with Gasteiger partial charge in [0.1, 0.15) is 12.0 Å². The summed E-state index contributed by atoms with van der Waals surface area (Å²) in [4.78, 5) is 14.6. The van der Waals surface area contributed by atoms with Crippen LogP contribution in [0.15, 0.2) is 53.3 Å². The number of morpholine rings is 1. The average molecular weight is 367 g/mol. The quantitative estimate of drug-likeness (QED) is 0.653. The number of amides is 1. The maximum atomic E-state index is 12.3. The molecule has 1 fully saturated rings. The predicted octanol–water partition coefficient (Wildman–Crippen LogP) is 2.89. The first-order valence-electron chi connectivity index (χ1n) is 9.49. The molecule has 0 unspecified atom stereocenters. The van der Waals surface area contributed by atoms with E-state index < -0.39 is 0 Å². The summed E-state index contributed by atoms with van der Waals surface area (Å²) < 4.78 is 13.1. The van der Waals surface area contributed by atoms with E-state index in [4.69, 9.17) is 9.15 Å². The number of nitrogens with zero attached hydrogens (tertiary/aromatic N) is 2. The molecule has 1 aliphatic rings. The number of aromatic nitrogens is 1. The van der Waals surface area contributed by atoms with Crippen molar-refractivity contribution in [3.8, 4) is 0 Å². The van der Waals surface area contributed by atoms with E-state index in [2.05, 4.69) is 39.2 Å². The van der Waals surface area contributed by atoms with Crippen LogP contribution in [-0.4, -0.2) is 48.2 Å². The van der Waals surface area contributed by atoms with Crippen LogP contribution in [0.5, 0.6) is 0 Å². The minimum atomic E-state index is -0.0793. The van der Waals surface area contributed by atoms with Crippen LogP contribution in [0.25, 0.3) is 10.9 Å². The number of ether oxygens (including phenoxy) is 1. The molecule has 4 rings (SSSR count). The molecule has 1 aromatic carbocycles. The summed E-state index contributed by atoms with van der Waals surface area (Å²) in [6, 6.07) is 12.3. The summed E-state index contributed by atoms with van der Waals surface area (Å²) in [7, 11) is 0. The largest absolute Gasteiger partial charge is 0.467 e. The number of carbonyl (C=O) groups is 1. The van der Waals surface area contributed by atoms with Crippen LogP contribution >= 0.6 is 0 Å². The fourth-order valence-corrected chi connectivity index (χ4v) is 3.45. The molecule has 2 aromatic heterocycles. The van der Waals surface area contributed by atoms with Gasteiger partial charge in [0, 0.05) is 37.9 Å². The Morgan fingerprint density at radius 2 is 2.00 bits per heavy atom. The molecule has 6 heteroatoms. The lowest BCUT2D eigenvalue weighted by molar-refractivity contribution is 0.0313. The molecular weight excluding hydrogens is 342 g/mol. The second kappa shape index (κ2) is 8.41. The molecule has 0 spiro atoms. The Bertz CT molecular complexity index is 893. The van der Waals surface area contributed by atoms with Crippen molar-refractivity contribution < 1.29 is 13.9 Å². The molecule has 3 aromatic rings. The van der Waals surface area contributed by atoms with Crippen molar-refractivity contribution in [3.05, 3.63) is 60.2 Å². The zero-order valence-corrected chi connectivity index (χ0v) is 15.4. The molecular formula is C21H25N3O3. The van der Waals surface area contributed by atoms with E-state index in [1.54, 1.807) is 6.26 Å². The van der Waals surface area contributed by atoms with Crippen LogP contribution < -0.4 is 5.32 Å². The zero-order chi connectivity index (χ0) is 18.5. The van der Waals surface area contributed by atoms with Gasteiger partial charge in [0.05, 0.1) is 25.3 Å². The monoisotopic (exact) mass is 367 g/mol. The lowest BCUT2D eigenvalue weighted by atomic mass is 10.2. The molecule has 0 bridgehead atoms. The van der Waals surface area contributed by atoms with E-state index in [0.717, 1.165) is 51.6 Å². The molecule has 0 saturated carbocycles. The number of carbonyl (C=O) groups excluding carboxylic acids is 1. The van der Waals surface area contributed by atoms with Gasteiger partial charge in [0.25, 0.3) is 5.91 Å². The van der Waals surface area contributed by atoms with Gasteiger partial charge in [-0.1, -0.05) is 18.2 Å². The Hall–Kier alpha value is -2.57. The summed E-state index contributed by atoms with van der Waals surface area (Å²) in [6.45, 7) is 5.54. The first-order valence-corrected chi connectivity index (χ1v) is 9.49. The van der Waals surface area contributed by atoms with E-state index in [-0.39, 0.29) is 5.91 Å². The Labute approximate surface area is 158 Å². The smallest absolute Gasteiger partial charge is 0.254 e. The van der Waals surface area contributed by atoms with Gasteiger partial charge >= 0.3 is 0 Å². The molecule has 1 amide bonds. The third-order valence-electron chi connectivity index (χ3n) is 4.94. The Morgan fingerprint density at radius 3 is 2.89 bits per heavy atom. The maximum absolute atomic E-state index is 12.3. The van der Waals surface area contributed by atoms with E-state index in [1.807, 2.05) is 18.2 Å². The standard InChI is InChI=1S/C21H25N3O3/c25-21(18-14-19(27-16-18)15-23-10-12-26-13-11-23)22-7-3-8-24-9-6-17-4-1-2-5-20(17)24/h1-2,4-6,9,14,16H,3,7-8,10-13,15H2,(H,22,25). The number of aryl methyl sites for hydroxylation is 1.